The van der Waals surface area contributed by atoms with Crippen molar-refractivity contribution >= 4 is 12.4 Å². The van der Waals surface area contributed by atoms with E-state index in [1.54, 1.807) is 12.1 Å². The molecule has 1 aromatic rings. The van der Waals surface area contributed by atoms with Crippen molar-refractivity contribution in [3.63, 3.8) is 0 Å². The van der Waals surface area contributed by atoms with Gasteiger partial charge in [0, 0.05) is 11.1 Å². The quantitative estimate of drug-likeness (QED) is 0.621. The highest BCUT2D eigenvalue weighted by Crippen LogP contribution is 2.23. The molecule has 0 saturated heterocycles. The number of hydrogen-bond acceptors (Lipinski definition) is 2. The van der Waals surface area contributed by atoms with Gasteiger partial charge in [0.05, 0.1) is 0 Å². The van der Waals surface area contributed by atoms with Crippen molar-refractivity contribution in [2.75, 3.05) is 6.61 Å². The maximum absolute atomic E-state index is 10.3. The van der Waals surface area contributed by atoms with E-state index in [0.717, 1.165) is 11.3 Å². The van der Waals surface area contributed by atoms with Gasteiger partial charge in [-0.2, -0.15) is 0 Å². The van der Waals surface area contributed by atoms with Crippen LogP contribution in [0.5, 0.6) is 5.75 Å². The summed E-state index contributed by atoms with van der Waals surface area (Å²) < 4.78 is 5.30. The van der Waals surface area contributed by atoms with Gasteiger partial charge in [-0.05, 0) is 12.1 Å². The molecule has 0 fully saturated rings. The number of hydrogen-bond donors (Lipinski definition) is 0. The molecule has 0 saturated carbocycles. The highest BCUT2D eigenvalue weighted by atomic mass is 16.5. The van der Waals surface area contributed by atoms with E-state index >= 15 is 0 Å². The lowest BCUT2D eigenvalue weighted by atomic mass is 10.1. The van der Waals surface area contributed by atoms with Crippen LogP contribution in [-0.2, 0) is 4.79 Å². The summed E-state index contributed by atoms with van der Waals surface area (Å²) in [5.41, 5.74) is 1.55. The minimum absolute atomic E-state index is 0.532. The predicted octanol–water partition coefficient (Wildman–Crippen LogP) is 1.55. The zero-order valence-corrected chi connectivity index (χ0v) is 6.41. The van der Waals surface area contributed by atoms with Crippen molar-refractivity contribution < 1.29 is 9.53 Å². The molecule has 59 valence electrons. The summed E-state index contributed by atoms with van der Waals surface area (Å²) in [7, 11) is 0. The van der Waals surface area contributed by atoms with E-state index in [-0.39, 0.29) is 0 Å². The third kappa shape index (κ3) is 1.11. The molecule has 0 N–H and O–H groups in total. The zero-order valence-electron chi connectivity index (χ0n) is 6.41. The summed E-state index contributed by atoms with van der Waals surface area (Å²) in [5.74, 6) is 0.762. The van der Waals surface area contributed by atoms with E-state index in [2.05, 4.69) is 0 Å². The Labute approximate surface area is 70.5 Å². The van der Waals surface area contributed by atoms with Crippen LogP contribution in [0.15, 0.2) is 24.3 Å². The monoisotopic (exact) mass is 159 g/mol. The van der Waals surface area contributed by atoms with Gasteiger partial charge in [0.1, 0.15) is 12.4 Å². The van der Waals surface area contributed by atoms with E-state index < -0.39 is 0 Å². The van der Waals surface area contributed by atoms with E-state index in [4.69, 9.17) is 4.74 Å². The predicted molar refractivity (Wildman–Crippen MR) is 45.8 cm³/mol. The van der Waals surface area contributed by atoms with Gasteiger partial charge in [0.2, 0.25) is 6.29 Å². The molecule has 0 unspecified atom stereocenters. The smallest absolute Gasteiger partial charge is 0.233 e. The van der Waals surface area contributed by atoms with Gasteiger partial charge in [-0.25, -0.2) is 0 Å². The van der Waals surface area contributed by atoms with Crippen LogP contribution in [0.4, 0.5) is 0 Å². The van der Waals surface area contributed by atoms with Crippen LogP contribution in [0.3, 0.4) is 0 Å². The Morgan fingerprint density at radius 3 is 3.17 bits per heavy atom. The Balaban J connectivity index is 2.50. The minimum atomic E-state index is 0.532. The lowest BCUT2D eigenvalue weighted by Gasteiger charge is -2.11. The molecular formula is C10H7O2. The average molecular weight is 159 g/mol. The highest BCUT2D eigenvalue weighted by molar-refractivity contribution is 5.78. The van der Waals surface area contributed by atoms with Crippen molar-refractivity contribution in [2.45, 2.75) is 0 Å². The summed E-state index contributed by atoms with van der Waals surface area (Å²) in [5, 5.41) is 0. The standard InChI is InChI=1S/C10H7O2/c11-7-8-3-4-9-2-1-5-12-10(9)6-8/h1-4,6H,5H2. The molecular weight excluding hydrogens is 152 g/mol. The van der Waals surface area contributed by atoms with Crippen LogP contribution in [0.2, 0.25) is 0 Å². The number of rotatable bonds is 1. The Hall–Kier alpha value is -1.57. The second kappa shape index (κ2) is 2.81. The first-order chi connectivity index (χ1) is 5.90. The van der Waals surface area contributed by atoms with Crippen molar-refractivity contribution in [3.8, 4) is 5.75 Å². The molecule has 0 aromatic heterocycles. The lowest BCUT2D eigenvalue weighted by molar-refractivity contribution is 0.358. The second-order valence-corrected chi connectivity index (χ2v) is 2.57. The molecule has 0 aliphatic carbocycles. The first-order valence-electron chi connectivity index (χ1n) is 3.72. The van der Waals surface area contributed by atoms with Crippen molar-refractivity contribution in [2.24, 2.45) is 0 Å². The van der Waals surface area contributed by atoms with Crippen LogP contribution in [-0.4, -0.2) is 12.9 Å². The van der Waals surface area contributed by atoms with Gasteiger partial charge >= 0.3 is 0 Å². The van der Waals surface area contributed by atoms with Crippen molar-refractivity contribution in [3.05, 3.63) is 35.4 Å². The first kappa shape index (κ1) is 7.10. The zero-order chi connectivity index (χ0) is 8.39. The summed E-state index contributed by atoms with van der Waals surface area (Å²) >= 11 is 0. The van der Waals surface area contributed by atoms with E-state index in [1.165, 1.54) is 0 Å². The summed E-state index contributed by atoms with van der Waals surface area (Å²) in [6.07, 6.45) is 5.74. The van der Waals surface area contributed by atoms with Gasteiger partial charge in [-0.15, -0.1) is 0 Å². The maximum Gasteiger partial charge on any atom is 0.233 e. The van der Waals surface area contributed by atoms with Crippen LogP contribution in [0, 0.1) is 0 Å². The maximum atomic E-state index is 10.3. The van der Waals surface area contributed by atoms with Crippen LogP contribution >= 0.6 is 0 Å². The fourth-order valence-electron chi connectivity index (χ4n) is 1.17. The molecule has 2 rings (SSSR count). The van der Waals surface area contributed by atoms with Gasteiger partial charge in [0.15, 0.2) is 0 Å². The van der Waals surface area contributed by atoms with Crippen molar-refractivity contribution in [1.29, 1.82) is 0 Å². The fourth-order valence-corrected chi connectivity index (χ4v) is 1.17. The van der Waals surface area contributed by atoms with Crippen molar-refractivity contribution in [1.82, 2.24) is 0 Å². The number of carbonyl (C=O) groups excluding carboxylic acids is 1. The second-order valence-electron chi connectivity index (χ2n) is 2.57. The Bertz CT molecular complexity index is 340. The Morgan fingerprint density at radius 2 is 2.33 bits per heavy atom. The summed E-state index contributed by atoms with van der Waals surface area (Å²) in [6, 6.07) is 5.28. The first-order valence-corrected chi connectivity index (χ1v) is 3.72. The molecule has 0 atom stereocenters. The summed E-state index contributed by atoms with van der Waals surface area (Å²) in [6.45, 7) is 0.579. The number of ether oxygens (including phenoxy) is 1. The van der Waals surface area contributed by atoms with Crippen LogP contribution in [0.1, 0.15) is 11.1 Å². The van der Waals surface area contributed by atoms with Gasteiger partial charge in [-0.3, -0.25) is 4.79 Å². The SMILES string of the molecule is O=[C]c1ccc2c(c1)OCC=C2. The molecule has 1 aromatic carbocycles. The molecule has 1 aliphatic heterocycles. The Kier molecular flexibility index (Phi) is 1.67. The third-order valence-electron chi connectivity index (χ3n) is 1.76. The van der Waals surface area contributed by atoms with Gasteiger partial charge in [0.25, 0.3) is 0 Å². The fraction of sp³-hybridized carbons (Fsp3) is 0.100. The third-order valence-corrected chi connectivity index (χ3v) is 1.76. The van der Waals surface area contributed by atoms with Gasteiger partial charge in [-0.1, -0.05) is 18.2 Å². The van der Waals surface area contributed by atoms with E-state index in [1.807, 2.05) is 24.5 Å². The molecule has 1 aliphatic rings. The number of fused-ring (bicyclic) bond motifs is 1. The van der Waals surface area contributed by atoms with Crippen LogP contribution < -0.4 is 4.74 Å². The molecule has 0 spiro atoms. The highest BCUT2D eigenvalue weighted by Gasteiger charge is 2.05. The molecule has 2 nitrogen and oxygen atoms in total. The molecule has 0 bridgehead atoms. The molecule has 2 heteroatoms. The van der Waals surface area contributed by atoms with Gasteiger partial charge < -0.3 is 4.74 Å². The molecule has 1 radical (unpaired) electrons. The van der Waals surface area contributed by atoms with E-state index in [0.29, 0.717) is 12.2 Å². The summed E-state index contributed by atoms with van der Waals surface area (Å²) in [4.78, 5) is 10.3. The largest absolute Gasteiger partial charge is 0.489 e. The van der Waals surface area contributed by atoms with Crippen LogP contribution in [0.25, 0.3) is 6.08 Å². The normalized spacial score (nSPS) is 13.3. The molecule has 12 heavy (non-hydrogen) atoms. The Morgan fingerprint density at radius 1 is 1.42 bits per heavy atom. The lowest BCUT2D eigenvalue weighted by Crippen LogP contribution is -2.00. The molecule has 1 heterocycles. The topological polar surface area (TPSA) is 26.3 Å². The molecule has 0 amide bonds. The van der Waals surface area contributed by atoms with E-state index in [9.17, 15) is 4.79 Å². The number of benzene rings is 1. The minimum Gasteiger partial charge on any atom is -0.489 e. The average Bonchev–Trinajstić information content (AvgIpc) is 2.17.